The van der Waals surface area contributed by atoms with Gasteiger partial charge in [0.15, 0.2) is 0 Å². The van der Waals surface area contributed by atoms with Crippen molar-refractivity contribution in [2.24, 2.45) is 0 Å². The van der Waals surface area contributed by atoms with E-state index in [2.05, 4.69) is 10.6 Å². The number of nitrogens with one attached hydrogen (secondary N) is 2. The molecule has 1 fully saturated rings. The van der Waals surface area contributed by atoms with Crippen molar-refractivity contribution in [3.63, 3.8) is 0 Å². The number of anilines is 1. The van der Waals surface area contributed by atoms with Gasteiger partial charge in [0.05, 0.1) is 16.1 Å². The van der Waals surface area contributed by atoms with Crippen LogP contribution in [-0.4, -0.2) is 43.7 Å². The lowest BCUT2D eigenvalue weighted by atomic mass is 10.1. The summed E-state index contributed by atoms with van der Waals surface area (Å²) < 4.78 is 27.3. The molecule has 3 rings (SSSR count). The fourth-order valence-electron chi connectivity index (χ4n) is 3.40. The molecule has 31 heavy (non-hydrogen) atoms. The van der Waals surface area contributed by atoms with Crippen molar-refractivity contribution in [2.45, 2.75) is 44.0 Å². The predicted molar refractivity (Wildman–Crippen MR) is 121 cm³/mol. The van der Waals surface area contributed by atoms with Crippen molar-refractivity contribution in [1.29, 1.82) is 0 Å². The number of halogens is 1. The number of piperidine rings is 1. The second kappa shape index (κ2) is 9.80. The average molecular weight is 464 g/mol. The minimum absolute atomic E-state index is 0.0749. The second-order valence-electron chi connectivity index (χ2n) is 7.76. The summed E-state index contributed by atoms with van der Waals surface area (Å²) in [7, 11) is -3.66. The first-order chi connectivity index (χ1) is 14.7. The summed E-state index contributed by atoms with van der Waals surface area (Å²) in [6.07, 6.45) is 2.67. The van der Waals surface area contributed by atoms with Gasteiger partial charge in [0.2, 0.25) is 10.0 Å². The van der Waals surface area contributed by atoms with E-state index in [1.54, 1.807) is 6.07 Å². The highest BCUT2D eigenvalue weighted by Gasteiger charge is 2.26. The van der Waals surface area contributed by atoms with Crippen molar-refractivity contribution in [3.05, 3.63) is 58.6 Å². The lowest BCUT2D eigenvalue weighted by Crippen LogP contribution is -2.35. The highest BCUT2D eigenvalue weighted by Crippen LogP contribution is 2.24. The van der Waals surface area contributed by atoms with E-state index in [4.69, 9.17) is 11.6 Å². The Bertz CT molecular complexity index is 1080. The molecule has 0 atom stereocenters. The van der Waals surface area contributed by atoms with Crippen molar-refractivity contribution in [2.75, 3.05) is 18.4 Å². The molecule has 166 valence electrons. The van der Waals surface area contributed by atoms with Crippen molar-refractivity contribution >= 4 is 39.1 Å². The molecule has 1 saturated heterocycles. The molecule has 9 heteroatoms. The van der Waals surface area contributed by atoms with Gasteiger partial charge in [-0.2, -0.15) is 4.31 Å². The van der Waals surface area contributed by atoms with Crippen LogP contribution in [0.5, 0.6) is 0 Å². The third-order valence-electron chi connectivity index (χ3n) is 4.94. The highest BCUT2D eigenvalue weighted by atomic mass is 35.5. The first-order valence-electron chi connectivity index (χ1n) is 10.2. The van der Waals surface area contributed by atoms with E-state index >= 15 is 0 Å². The van der Waals surface area contributed by atoms with Crippen LogP contribution in [0.4, 0.5) is 5.69 Å². The average Bonchev–Trinajstić information content (AvgIpc) is 2.74. The van der Waals surface area contributed by atoms with Crippen molar-refractivity contribution in [1.82, 2.24) is 9.62 Å². The first-order valence-corrected chi connectivity index (χ1v) is 12.0. The molecule has 0 unspecified atom stereocenters. The molecule has 2 aromatic rings. The SMILES string of the molecule is CC(C)NC(=O)c1ccc(Cl)cc1NC(=O)c1cccc(S(=O)(=O)N2CCCCC2)c1. The minimum atomic E-state index is -3.66. The quantitative estimate of drug-likeness (QED) is 0.679. The molecule has 0 bridgehead atoms. The number of hydrogen-bond acceptors (Lipinski definition) is 4. The predicted octanol–water partition coefficient (Wildman–Crippen LogP) is 3.91. The van der Waals surface area contributed by atoms with E-state index in [0.717, 1.165) is 19.3 Å². The van der Waals surface area contributed by atoms with E-state index in [1.165, 1.54) is 40.7 Å². The van der Waals surface area contributed by atoms with Gasteiger partial charge in [0, 0.05) is 29.7 Å². The topological polar surface area (TPSA) is 95.6 Å². The third-order valence-corrected chi connectivity index (χ3v) is 7.07. The summed E-state index contributed by atoms with van der Waals surface area (Å²) in [6, 6.07) is 10.4. The maximum absolute atomic E-state index is 12.9. The van der Waals surface area contributed by atoms with Crippen LogP contribution in [0, 0.1) is 0 Å². The maximum atomic E-state index is 12.9. The number of sulfonamides is 1. The molecule has 2 aromatic carbocycles. The molecular formula is C22H26ClN3O4S. The molecule has 2 N–H and O–H groups in total. The summed E-state index contributed by atoms with van der Waals surface area (Å²) in [5.74, 6) is -0.875. The Kier molecular flexibility index (Phi) is 7.35. The largest absolute Gasteiger partial charge is 0.350 e. The zero-order chi connectivity index (χ0) is 22.6. The van der Waals surface area contributed by atoms with E-state index in [9.17, 15) is 18.0 Å². The molecule has 2 amide bonds. The van der Waals surface area contributed by atoms with Crippen LogP contribution in [0.25, 0.3) is 0 Å². The molecule has 0 saturated carbocycles. The Balaban J connectivity index is 1.86. The first kappa shape index (κ1) is 23.2. The van der Waals surface area contributed by atoms with Crippen molar-refractivity contribution < 1.29 is 18.0 Å². The summed E-state index contributed by atoms with van der Waals surface area (Å²) in [4.78, 5) is 25.4. The number of amides is 2. The highest BCUT2D eigenvalue weighted by molar-refractivity contribution is 7.89. The van der Waals surface area contributed by atoms with Gasteiger partial charge in [-0.15, -0.1) is 0 Å². The monoisotopic (exact) mass is 463 g/mol. The van der Waals surface area contributed by atoms with Crippen LogP contribution in [0.3, 0.4) is 0 Å². The molecule has 0 radical (unpaired) electrons. The zero-order valence-electron chi connectivity index (χ0n) is 17.5. The number of hydrogen-bond donors (Lipinski definition) is 2. The number of carbonyl (C=O) groups excluding carboxylic acids is 2. The van der Waals surface area contributed by atoms with Gasteiger partial charge in [-0.25, -0.2) is 8.42 Å². The lowest BCUT2D eigenvalue weighted by molar-refractivity contribution is 0.0944. The molecule has 0 spiro atoms. The number of rotatable bonds is 6. The normalized spacial score (nSPS) is 15.0. The van der Waals surface area contributed by atoms with Crippen LogP contribution in [-0.2, 0) is 10.0 Å². The van der Waals surface area contributed by atoms with Crippen LogP contribution in [0.1, 0.15) is 53.8 Å². The second-order valence-corrected chi connectivity index (χ2v) is 10.1. The molecular weight excluding hydrogens is 438 g/mol. The van der Waals surface area contributed by atoms with Gasteiger partial charge in [-0.05, 0) is 63.1 Å². The molecule has 7 nitrogen and oxygen atoms in total. The Labute approximate surface area is 187 Å². The Morgan fingerprint density at radius 1 is 1.00 bits per heavy atom. The van der Waals surface area contributed by atoms with E-state index < -0.39 is 15.9 Å². The molecule has 1 aliphatic heterocycles. The van der Waals surface area contributed by atoms with Gasteiger partial charge >= 0.3 is 0 Å². The smallest absolute Gasteiger partial charge is 0.255 e. The van der Waals surface area contributed by atoms with Gasteiger partial charge in [0.1, 0.15) is 0 Å². The Morgan fingerprint density at radius 2 is 1.71 bits per heavy atom. The van der Waals surface area contributed by atoms with E-state index in [-0.39, 0.29) is 33.7 Å². The zero-order valence-corrected chi connectivity index (χ0v) is 19.1. The standard InChI is InChI=1S/C22H26ClN3O4S/c1-15(2)24-22(28)19-10-9-17(23)14-20(19)25-21(27)16-7-6-8-18(13-16)31(29,30)26-11-4-3-5-12-26/h6-10,13-15H,3-5,11-12H2,1-2H3,(H,24,28)(H,25,27). The van der Waals surface area contributed by atoms with Gasteiger partial charge < -0.3 is 10.6 Å². The Hall–Kier alpha value is -2.42. The lowest BCUT2D eigenvalue weighted by Gasteiger charge is -2.26. The number of benzene rings is 2. The fourth-order valence-corrected chi connectivity index (χ4v) is 5.14. The number of nitrogens with zero attached hydrogens (tertiary/aromatic N) is 1. The molecule has 0 aromatic heterocycles. The molecule has 1 aliphatic rings. The summed E-state index contributed by atoms with van der Waals surface area (Å²) >= 11 is 6.06. The maximum Gasteiger partial charge on any atom is 0.255 e. The van der Waals surface area contributed by atoms with E-state index in [0.29, 0.717) is 18.1 Å². The number of carbonyl (C=O) groups is 2. The van der Waals surface area contributed by atoms with Crippen LogP contribution in [0.2, 0.25) is 5.02 Å². The summed E-state index contributed by atoms with van der Waals surface area (Å²) in [5.41, 5.74) is 0.691. The summed E-state index contributed by atoms with van der Waals surface area (Å²) in [6.45, 7) is 4.63. The van der Waals surface area contributed by atoms with Gasteiger partial charge in [-0.1, -0.05) is 24.1 Å². The summed E-state index contributed by atoms with van der Waals surface area (Å²) in [5, 5.41) is 5.83. The van der Waals surface area contributed by atoms with Crippen LogP contribution in [0.15, 0.2) is 47.4 Å². The third kappa shape index (κ3) is 5.64. The minimum Gasteiger partial charge on any atom is -0.350 e. The van der Waals surface area contributed by atoms with Crippen molar-refractivity contribution in [3.8, 4) is 0 Å². The molecule has 0 aliphatic carbocycles. The fraction of sp³-hybridized carbons (Fsp3) is 0.364. The molecule has 1 heterocycles. The van der Waals surface area contributed by atoms with Gasteiger partial charge in [-0.3, -0.25) is 9.59 Å². The van der Waals surface area contributed by atoms with E-state index in [1.807, 2.05) is 13.8 Å². The Morgan fingerprint density at radius 3 is 2.39 bits per heavy atom. The van der Waals surface area contributed by atoms with Crippen LogP contribution < -0.4 is 10.6 Å². The van der Waals surface area contributed by atoms with Gasteiger partial charge in [0.25, 0.3) is 11.8 Å². The van der Waals surface area contributed by atoms with Crippen LogP contribution >= 0.6 is 11.6 Å².